The lowest BCUT2D eigenvalue weighted by molar-refractivity contribution is -0.137. The number of carbonyl (C=O) groups excluding carboxylic acids is 1. The first kappa shape index (κ1) is 10.4. The third kappa shape index (κ3) is 1.50. The number of fused-ring (bicyclic) bond motifs is 5. The second-order valence-corrected chi connectivity index (χ2v) is 5.54. The molecule has 2 bridgehead atoms. The maximum absolute atomic E-state index is 11.5. The van der Waals surface area contributed by atoms with Crippen LogP contribution in [0, 0.1) is 23.7 Å². The van der Waals surface area contributed by atoms with Gasteiger partial charge < -0.3 is 4.74 Å². The van der Waals surface area contributed by atoms with Crippen molar-refractivity contribution in [2.45, 2.75) is 39.0 Å². The molecule has 4 atom stereocenters. The van der Waals surface area contributed by atoms with Gasteiger partial charge in [-0.3, -0.25) is 0 Å². The zero-order valence-electron chi connectivity index (χ0n) is 9.95. The first-order chi connectivity index (χ1) is 7.79. The van der Waals surface area contributed by atoms with Crippen LogP contribution in [-0.4, -0.2) is 12.6 Å². The number of ether oxygens (including phenoxy) is 1. The van der Waals surface area contributed by atoms with Crippen molar-refractivity contribution in [2.75, 3.05) is 6.61 Å². The van der Waals surface area contributed by atoms with Gasteiger partial charge in [0, 0.05) is 6.08 Å². The van der Waals surface area contributed by atoms with Crippen molar-refractivity contribution in [2.24, 2.45) is 23.7 Å². The molecule has 0 aromatic carbocycles. The summed E-state index contributed by atoms with van der Waals surface area (Å²) in [5.41, 5.74) is 1.40. The van der Waals surface area contributed by atoms with Crippen molar-refractivity contribution >= 4 is 5.97 Å². The molecule has 3 fully saturated rings. The molecule has 2 heteroatoms. The predicted molar refractivity (Wildman–Crippen MR) is 61.8 cm³/mol. The largest absolute Gasteiger partial charge is 0.463 e. The first-order valence-electron chi connectivity index (χ1n) is 6.66. The van der Waals surface area contributed by atoms with Gasteiger partial charge in [-0.2, -0.15) is 0 Å². The van der Waals surface area contributed by atoms with E-state index >= 15 is 0 Å². The second-order valence-electron chi connectivity index (χ2n) is 5.54. The summed E-state index contributed by atoms with van der Waals surface area (Å²) in [5.74, 6) is 3.38. The minimum absolute atomic E-state index is 0.125. The number of rotatable bonds is 2. The molecule has 16 heavy (non-hydrogen) atoms. The monoisotopic (exact) mass is 220 g/mol. The van der Waals surface area contributed by atoms with Crippen LogP contribution in [0.1, 0.15) is 39.0 Å². The summed E-state index contributed by atoms with van der Waals surface area (Å²) in [6, 6.07) is 0. The predicted octanol–water partition coefficient (Wildman–Crippen LogP) is 2.93. The van der Waals surface area contributed by atoms with Gasteiger partial charge in [0.2, 0.25) is 0 Å². The highest BCUT2D eigenvalue weighted by Crippen LogP contribution is 2.60. The van der Waals surface area contributed by atoms with Crippen molar-refractivity contribution in [3.8, 4) is 0 Å². The lowest BCUT2D eigenvalue weighted by Crippen LogP contribution is -2.19. The lowest BCUT2D eigenvalue weighted by Gasteiger charge is -2.26. The highest BCUT2D eigenvalue weighted by Gasteiger charge is 2.51. The Morgan fingerprint density at radius 2 is 2.25 bits per heavy atom. The van der Waals surface area contributed by atoms with Crippen LogP contribution < -0.4 is 0 Å². The molecule has 0 amide bonds. The molecule has 3 aliphatic rings. The number of esters is 1. The average molecular weight is 220 g/mol. The molecule has 3 rings (SSSR count). The van der Waals surface area contributed by atoms with Gasteiger partial charge in [0.1, 0.15) is 0 Å². The summed E-state index contributed by atoms with van der Waals surface area (Å²) < 4.78 is 5.01. The summed E-state index contributed by atoms with van der Waals surface area (Å²) in [6.45, 7) is 2.35. The summed E-state index contributed by atoms with van der Waals surface area (Å²) in [4.78, 5) is 11.5. The van der Waals surface area contributed by atoms with Crippen LogP contribution in [-0.2, 0) is 9.53 Å². The smallest absolute Gasteiger partial charge is 0.330 e. The quantitative estimate of drug-likeness (QED) is 0.528. The van der Waals surface area contributed by atoms with Crippen LogP contribution in [0.5, 0.6) is 0 Å². The van der Waals surface area contributed by atoms with Crippen LogP contribution >= 0.6 is 0 Å². The summed E-state index contributed by atoms with van der Waals surface area (Å²) in [5, 5.41) is 0. The van der Waals surface area contributed by atoms with Crippen LogP contribution in [0.3, 0.4) is 0 Å². The molecule has 0 spiro atoms. The van der Waals surface area contributed by atoms with Gasteiger partial charge in [-0.05, 0) is 56.3 Å². The molecular formula is C14H20O2. The normalized spacial score (nSPS) is 42.7. The van der Waals surface area contributed by atoms with Crippen LogP contribution in [0.25, 0.3) is 0 Å². The third-order valence-electron chi connectivity index (χ3n) is 4.87. The van der Waals surface area contributed by atoms with E-state index in [9.17, 15) is 4.79 Å². The van der Waals surface area contributed by atoms with Gasteiger partial charge in [-0.25, -0.2) is 4.79 Å². The number of allylic oxidation sites excluding steroid dienone is 1. The van der Waals surface area contributed by atoms with Crippen molar-refractivity contribution < 1.29 is 9.53 Å². The summed E-state index contributed by atoms with van der Waals surface area (Å²) in [6.07, 6.45) is 8.56. The van der Waals surface area contributed by atoms with Gasteiger partial charge in [-0.1, -0.05) is 12.0 Å². The zero-order chi connectivity index (χ0) is 11.1. The second kappa shape index (κ2) is 3.90. The Morgan fingerprint density at radius 3 is 3.06 bits per heavy atom. The molecule has 3 aliphatic carbocycles. The van der Waals surface area contributed by atoms with Gasteiger partial charge in [0.25, 0.3) is 0 Å². The van der Waals surface area contributed by atoms with E-state index in [1.54, 1.807) is 6.08 Å². The van der Waals surface area contributed by atoms with Crippen LogP contribution in [0.15, 0.2) is 11.6 Å². The van der Waals surface area contributed by atoms with E-state index in [1.165, 1.54) is 37.7 Å². The summed E-state index contributed by atoms with van der Waals surface area (Å²) in [7, 11) is 0. The van der Waals surface area contributed by atoms with Gasteiger partial charge >= 0.3 is 5.97 Å². The fraction of sp³-hybridized carbons (Fsp3) is 0.786. The summed E-state index contributed by atoms with van der Waals surface area (Å²) >= 11 is 0. The molecule has 88 valence electrons. The molecule has 2 nitrogen and oxygen atoms in total. The SMILES string of the molecule is CCOC(=O)/C=C1/CC2CC1C1CCCC21. The van der Waals surface area contributed by atoms with E-state index < -0.39 is 0 Å². The van der Waals surface area contributed by atoms with Crippen LogP contribution in [0.4, 0.5) is 0 Å². The van der Waals surface area contributed by atoms with E-state index in [0.29, 0.717) is 6.61 Å². The van der Waals surface area contributed by atoms with Gasteiger partial charge in [0.15, 0.2) is 0 Å². The molecule has 0 aromatic rings. The minimum atomic E-state index is -0.125. The molecule has 3 saturated carbocycles. The highest BCUT2D eigenvalue weighted by molar-refractivity contribution is 5.83. The number of hydrogen-bond donors (Lipinski definition) is 0. The van der Waals surface area contributed by atoms with E-state index in [0.717, 1.165) is 23.7 Å². The van der Waals surface area contributed by atoms with Gasteiger partial charge in [0.05, 0.1) is 6.61 Å². The van der Waals surface area contributed by atoms with E-state index in [-0.39, 0.29) is 5.97 Å². The maximum atomic E-state index is 11.5. The van der Waals surface area contributed by atoms with E-state index in [2.05, 4.69) is 0 Å². The van der Waals surface area contributed by atoms with Crippen molar-refractivity contribution in [1.29, 1.82) is 0 Å². The molecular weight excluding hydrogens is 200 g/mol. The Morgan fingerprint density at radius 1 is 1.44 bits per heavy atom. The fourth-order valence-corrected chi connectivity index (χ4v) is 4.39. The fourth-order valence-electron chi connectivity index (χ4n) is 4.39. The zero-order valence-corrected chi connectivity index (χ0v) is 9.95. The Bertz CT molecular complexity index is 332. The standard InChI is InChI=1S/C14H20O2/c1-2-16-14(15)8-10-6-9-7-13(10)12-5-3-4-11(9)12/h8-9,11-13H,2-7H2,1H3/b10-8-. The first-order valence-corrected chi connectivity index (χ1v) is 6.66. The molecule has 4 unspecified atom stereocenters. The third-order valence-corrected chi connectivity index (χ3v) is 4.87. The maximum Gasteiger partial charge on any atom is 0.330 e. The Balaban J connectivity index is 1.74. The number of carbonyl (C=O) groups is 1. The number of hydrogen-bond acceptors (Lipinski definition) is 2. The average Bonchev–Trinajstić information content (AvgIpc) is 2.86. The molecule has 0 aromatic heterocycles. The molecule has 0 N–H and O–H groups in total. The Kier molecular flexibility index (Phi) is 2.53. The molecule has 0 radical (unpaired) electrons. The Hall–Kier alpha value is -0.790. The van der Waals surface area contributed by atoms with Crippen molar-refractivity contribution in [1.82, 2.24) is 0 Å². The van der Waals surface area contributed by atoms with Crippen LogP contribution in [0.2, 0.25) is 0 Å². The van der Waals surface area contributed by atoms with Crippen molar-refractivity contribution in [3.05, 3.63) is 11.6 Å². The van der Waals surface area contributed by atoms with Gasteiger partial charge in [-0.15, -0.1) is 0 Å². The van der Waals surface area contributed by atoms with Crippen molar-refractivity contribution in [3.63, 3.8) is 0 Å². The lowest BCUT2D eigenvalue weighted by atomic mass is 9.79. The minimum Gasteiger partial charge on any atom is -0.463 e. The Labute approximate surface area is 97.1 Å². The van der Waals surface area contributed by atoms with E-state index in [4.69, 9.17) is 4.74 Å². The molecule has 0 saturated heterocycles. The molecule has 0 aliphatic heterocycles. The highest BCUT2D eigenvalue weighted by atomic mass is 16.5. The molecule has 0 heterocycles. The van der Waals surface area contributed by atoms with E-state index in [1.807, 2.05) is 6.92 Å². The topological polar surface area (TPSA) is 26.3 Å².